The van der Waals surface area contributed by atoms with E-state index in [1.54, 1.807) is 18.3 Å². The maximum Gasteiger partial charge on any atom is 0.337 e. The number of pyridine rings is 1. The lowest BCUT2D eigenvalue weighted by Crippen LogP contribution is -2.29. The van der Waals surface area contributed by atoms with Crippen molar-refractivity contribution >= 4 is 17.7 Å². The number of nitrogens with one attached hydrogen (secondary N) is 2. The Kier molecular flexibility index (Phi) is 4.50. The summed E-state index contributed by atoms with van der Waals surface area (Å²) in [5.74, 6) is -1.09. The molecule has 1 aromatic carbocycles. The summed E-state index contributed by atoms with van der Waals surface area (Å²) in [6.45, 7) is 2.18. The van der Waals surface area contributed by atoms with Gasteiger partial charge in [0, 0.05) is 6.20 Å². The lowest BCUT2D eigenvalue weighted by molar-refractivity contribution is 0.0698. The first-order chi connectivity index (χ1) is 10.1. The van der Waals surface area contributed by atoms with Crippen LogP contribution in [-0.4, -0.2) is 22.1 Å². The predicted molar refractivity (Wildman–Crippen MR) is 78.2 cm³/mol. The molecule has 0 bridgehead atoms. The minimum absolute atomic E-state index is 0.0432. The van der Waals surface area contributed by atoms with Crippen LogP contribution in [0.4, 0.5) is 10.5 Å². The van der Waals surface area contributed by atoms with Crippen molar-refractivity contribution in [1.29, 1.82) is 0 Å². The minimum atomic E-state index is -1.09. The molecule has 2 rings (SSSR count). The van der Waals surface area contributed by atoms with E-state index in [-0.39, 0.29) is 17.8 Å². The van der Waals surface area contributed by atoms with Crippen molar-refractivity contribution in [3.8, 4) is 0 Å². The first-order valence-electron chi connectivity index (χ1n) is 6.35. The van der Waals surface area contributed by atoms with E-state index in [0.717, 1.165) is 11.3 Å². The number of carboxylic acids is 1. The van der Waals surface area contributed by atoms with Crippen LogP contribution in [0.15, 0.2) is 42.6 Å². The van der Waals surface area contributed by atoms with Crippen LogP contribution in [0.2, 0.25) is 0 Å². The standard InChI is InChI=1S/C15H15N3O3/c1-10-5-4-8-16-13(10)9-17-15(21)18-12-7-3-2-6-11(12)14(19)20/h2-8H,9H2,1H3,(H,19,20)(H2,17,18,21). The van der Waals surface area contributed by atoms with Crippen molar-refractivity contribution in [1.82, 2.24) is 10.3 Å². The molecule has 0 aliphatic rings. The molecule has 0 unspecified atom stereocenters. The zero-order chi connectivity index (χ0) is 15.2. The molecule has 0 spiro atoms. The molecule has 2 aromatic rings. The van der Waals surface area contributed by atoms with Gasteiger partial charge in [-0.15, -0.1) is 0 Å². The molecule has 21 heavy (non-hydrogen) atoms. The Morgan fingerprint density at radius 3 is 2.67 bits per heavy atom. The number of aromatic nitrogens is 1. The highest BCUT2D eigenvalue weighted by molar-refractivity contribution is 5.99. The van der Waals surface area contributed by atoms with E-state index < -0.39 is 12.0 Å². The number of carboxylic acid groups (broad SMARTS) is 1. The lowest BCUT2D eigenvalue weighted by atomic mass is 10.2. The number of carbonyl (C=O) groups is 2. The SMILES string of the molecule is Cc1cccnc1CNC(=O)Nc1ccccc1C(=O)O. The molecular weight excluding hydrogens is 270 g/mol. The third-order valence-electron chi connectivity index (χ3n) is 2.94. The second kappa shape index (κ2) is 6.51. The maximum atomic E-state index is 11.8. The van der Waals surface area contributed by atoms with Gasteiger partial charge in [0.15, 0.2) is 0 Å². The first kappa shape index (κ1) is 14.5. The zero-order valence-electron chi connectivity index (χ0n) is 11.5. The monoisotopic (exact) mass is 285 g/mol. The number of benzene rings is 1. The van der Waals surface area contributed by atoms with Gasteiger partial charge < -0.3 is 15.7 Å². The van der Waals surface area contributed by atoms with Gasteiger partial charge in [-0.1, -0.05) is 18.2 Å². The van der Waals surface area contributed by atoms with E-state index in [4.69, 9.17) is 5.11 Å². The number of hydrogen-bond donors (Lipinski definition) is 3. The molecule has 0 aliphatic carbocycles. The van der Waals surface area contributed by atoms with Crippen molar-refractivity contribution in [3.05, 3.63) is 59.4 Å². The smallest absolute Gasteiger partial charge is 0.337 e. The number of hydrogen-bond acceptors (Lipinski definition) is 3. The van der Waals surface area contributed by atoms with Gasteiger partial charge in [-0.2, -0.15) is 0 Å². The van der Waals surface area contributed by atoms with Crippen LogP contribution in [0.3, 0.4) is 0 Å². The van der Waals surface area contributed by atoms with Crippen molar-refractivity contribution < 1.29 is 14.7 Å². The number of para-hydroxylation sites is 1. The largest absolute Gasteiger partial charge is 0.478 e. The Labute approximate surface area is 121 Å². The number of rotatable bonds is 4. The van der Waals surface area contributed by atoms with Gasteiger partial charge in [0.25, 0.3) is 0 Å². The van der Waals surface area contributed by atoms with Gasteiger partial charge in [-0.25, -0.2) is 9.59 Å². The van der Waals surface area contributed by atoms with Crippen molar-refractivity contribution in [2.75, 3.05) is 5.32 Å². The fraction of sp³-hybridized carbons (Fsp3) is 0.133. The quantitative estimate of drug-likeness (QED) is 0.804. The molecule has 0 radical (unpaired) electrons. The summed E-state index contributed by atoms with van der Waals surface area (Å²) in [4.78, 5) is 27.0. The molecule has 0 saturated heterocycles. The summed E-state index contributed by atoms with van der Waals surface area (Å²) in [5, 5.41) is 14.2. The number of aryl methyl sites for hydroxylation is 1. The Morgan fingerprint density at radius 1 is 1.19 bits per heavy atom. The van der Waals surface area contributed by atoms with E-state index in [1.807, 2.05) is 19.1 Å². The van der Waals surface area contributed by atoms with Crippen LogP contribution in [0.5, 0.6) is 0 Å². The summed E-state index contributed by atoms with van der Waals surface area (Å²) in [5.41, 5.74) is 2.03. The molecule has 0 atom stereocenters. The molecule has 0 aliphatic heterocycles. The number of carbonyl (C=O) groups excluding carboxylic acids is 1. The first-order valence-corrected chi connectivity index (χ1v) is 6.35. The zero-order valence-corrected chi connectivity index (χ0v) is 11.5. The predicted octanol–water partition coefficient (Wildman–Crippen LogP) is 2.41. The number of nitrogens with zero attached hydrogens (tertiary/aromatic N) is 1. The van der Waals surface area contributed by atoms with Crippen LogP contribution in [0.25, 0.3) is 0 Å². The molecule has 6 heteroatoms. The number of anilines is 1. The lowest BCUT2D eigenvalue weighted by Gasteiger charge is -2.10. The molecule has 1 aromatic heterocycles. The Bertz CT molecular complexity index is 671. The molecule has 108 valence electrons. The second-order valence-electron chi connectivity index (χ2n) is 4.43. The third-order valence-corrected chi connectivity index (χ3v) is 2.94. The normalized spacial score (nSPS) is 9.95. The Hall–Kier alpha value is -2.89. The summed E-state index contributed by atoms with van der Waals surface area (Å²) in [7, 11) is 0. The molecule has 3 N–H and O–H groups in total. The van der Waals surface area contributed by atoms with E-state index in [1.165, 1.54) is 12.1 Å². The summed E-state index contributed by atoms with van der Waals surface area (Å²) < 4.78 is 0. The summed E-state index contributed by atoms with van der Waals surface area (Å²) in [6.07, 6.45) is 1.65. The molecule has 0 fully saturated rings. The van der Waals surface area contributed by atoms with E-state index in [2.05, 4.69) is 15.6 Å². The average molecular weight is 285 g/mol. The van der Waals surface area contributed by atoms with Crippen molar-refractivity contribution in [2.24, 2.45) is 0 Å². The fourth-order valence-corrected chi connectivity index (χ4v) is 1.81. The van der Waals surface area contributed by atoms with Crippen LogP contribution in [-0.2, 0) is 6.54 Å². The number of aromatic carboxylic acids is 1. The number of amides is 2. The van der Waals surface area contributed by atoms with Gasteiger partial charge in [0.05, 0.1) is 23.5 Å². The topological polar surface area (TPSA) is 91.3 Å². The van der Waals surface area contributed by atoms with Crippen LogP contribution < -0.4 is 10.6 Å². The second-order valence-corrected chi connectivity index (χ2v) is 4.43. The highest BCUT2D eigenvalue weighted by atomic mass is 16.4. The van der Waals surface area contributed by atoms with Crippen molar-refractivity contribution in [2.45, 2.75) is 13.5 Å². The van der Waals surface area contributed by atoms with Crippen LogP contribution >= 0.6 is 0 Å². The maximum absolute atomic E-state index is 11.8. The Balaban J connectivity index is 2.00. The van der Waals surface area contributed by atoms with Crippen LogP contribution in [0, 0.1) is 6.92 Å². The van der Waals surface area contributed by atoms with E-state index in [9.17, 15) is 9.59 Å². The minimum Gasteiger partial charge on any atom is -0.478 e. The average Bonchev–Trinajstić information content (AvgIpc) is 2.47. The summed E-state index contributed by atoms with van der Waals surface area (Å²) in [6, 6.07) is 9.47. The molecule has 1 heterocycles. The van der Waals surface area contributed by atoms with E-state index in [0.29, 0.717) is 0 Å². The van der Waals surface area contributed by atoms with Crippen LogP contribution in [0.1, 0.15) is 21.6 Å². The van der Waals surface area contributed by atoms with Crippen molar-refractivity contribution in [3.63, 3.8) is 0 Å². The number of urea groups is 1. The van der Waals surface area contributed by atoms with Gasteiger partial charge >= 0.3 is 12.0 Å². The van der Waals surface area contributed by atoms with Gasteiger partial charge in [0.2, 0.25) is 0 Å². The summed E-state index contributed by atoms with van der Waals surface area (Å²) >= 11 is 0. The Morgan fingerprint density at radius 2 is 1.95 bits per heavy atom. The third kappa shape index (κ3) is 3.79. The van der Waals surface area contributed by atoms with Gasteiger partial charge in [-0.05, 0) is 30.7 Å². The van der Waals surface area contributed by atoms with Gasteiger partial charge in [0.1, 0.15) is 0 Å². The molecular formula is C15H15N3O3. The van der Waals surface area contributed by atoms with E-state index >= 15 is 0 Å². The molecule has 6 nitrogen and oxygen atoms in total. The van der Waals surface area contributed by atoms with Gasteiger partial charge in [-0.3, -0.25) is 4.98 Å². The fourth-order valence-electron chi connectivity index (χ4n) is 1.81. The molecule has 0 saturated carbocycles. The highest BCUT2D eigenvalue weighted by Crippen LogP contribution is 2.14. The molecule has 2 amide bonds. The highest BCUT2D eigenvalue weighted by Gasteiger charge is 2.11.